The minimum atomic E-state index is -3.75. The summed E-state index contributed by atoms with van der Waals surface area (Å²) in [6.07, 6.45) is 1.52. The average Bonchev–Trinajstić information content (AvgIpc) is 2.77. The molecule has 0 spiro atoms. The lowest BCUT2D eigenvalue weighted by Gasteiger charge is -2.16. The van der Waals surface area contributed by atoms with Crippen molar-refractivity contribution in [3.8, 4) is 22.6 Å². The Kier molecular flexibility index (Phi) is 5.54. The number of rotatable bonds is 6. The van der Waals surface area contributed by atoms with Gasteiger partial charge in [-0.25, -0.2) is 12.8 Å². The number of anilines is 1. The van der Waals surface area contributed by atoms with Gasteiger partial charge in [-0.15, -0.1) is 0 Å². The molecule has 0 unspecified atom stereocenters. The Labute approximate surface area is 184 Å². The Morgan fingerprint density at radius 1 is 1.00 bits per heavy atom. The maximum Gasteiger partial charge on any atom is 0.255 e. The van der Waals surface area contributed by atoms with Gasteiger partial charge in [-0.2, -0.15) is 0 Å². The number of hydrogen-bond donors (Lipinski definition) is 2. The van der Waals surface area contributed by atoms with Crippen LogP contribution >= 0.6 is 0 Å². The first-order valence-corrected chi connectivity index (χ1v) is 11.2. The number of benzene rings is 3. The molecule has 0 bridgehead atoms. The van der Waals surface area contributed by atoms with Crippen molar-refractivity contribution in [2.24, 2.45) is 0 Å². The molecule has 0 aliphatic rings. The summed E-state index contributed by atoms with van der Waals surface area (Å²) in [7, 11) is -3.75. The molecule has 0 saturated heterocycles. The number of nitrogens with one attached hydrogen (secondary N) is 2. The molecule has 3 aromatic carbocycles. The lowest BCUT2D eigenvalue weighted by atomic mass is 9.99. The predicted octanol–water partition coefficient (Wildman–Crippen LogP) is 5.32. The van der Waals surface area contributed by atoms with E-state index in [-0.39, 0.29) is 22.7 Å². The maximum absolute atomic E-state index is 14.4. The highest BCUT2D eigenvalue weighted by Crippen LogP contribution is 2.39. The number of hydrogen-bond acceptors (Lipinski definition) is 4. The summed E-state index contributed by atoms with van der Waals surface area (Å²) in [5, 5.41) is 1.89. The van der Waals surface area contributed by atoms with Crippen molar-refractivity contribution in [3.05, 3.63) is 101 Å². The molecule has 6 nitrogen and oxygen atoms in total. The van der Waals surface area contributed by atoms with Gasteiger partial charge in [0.15, 0.2) is 11.6 Å². The number of pyridine rings is 1. The Bertz CT molecular complexity index is 1510. The molecule has 0 aliphatic carbocycles. The normalized spacial score (nSPS) is 11.3. The van der Waals surface area contributed by atoms with Crippen molar-refractivity contribution in [2.45, 2.75) is 6.92 Å². The fraction of sp³-hybridized carbons (Fsp3) is 0.0417. The first-order valence-electron chi connectivity index (χ1n) is 9.61. The molecule has 0 fully saturated rings. The van der Waals surface area contributed by atoms with E-state index in [1.165, 1.54) is 30.5 Å². The Morgan fingerprint density at radius 2 is 1.72 bits per heavy atom. The second kappa shape index (κ2) is 8.32. The average molecular weight is 450 g/mol. The molecule has 162 valence electrons. The third-order valence-corrected chi connectivity index (χ3v) is 5.83. The van der Waals surface area contributed by atoms with Crippen LogP contribution in [0.25, 0.3) is 21.9 Å². The van der Waals surface area contributed by atoms with Crippen LogP contribution in [-0.2, 0) is 10.0 Å². The van der Waals surface area contributed by atoms with Gasteiger partial charge in [-0.3, -0.25) is 9.52 Å². The molecule has 0 atom stereocenters. The summed E-state index contributed by atoms with van der Waals surface area (Å²) in [6, 6.07) is 16.2. The number of halogens is 1. The third kappa shape index (κ3) is 4.26. The summed E-state index contributed by atoms with van der Waals surface area (Å²) < 4.78 is 46.7. The highest BCUT2D eigenvalue weighted by Gasteiger charge is 2.16. The molecule has 2 N–H and O–H groups in total. The standard InChI is InChI=1S/C24H19FN2O4S/c1-3-32(29,30)27-16-9-11-22(31-23-10-8-15(2)12-21(23)25)19(13-16)20-14-26-24(28)18-7-5-4-6-17(18)20/h3-14,27H,1H2,2H3,(H,26,28). The van der Waals surface area contributed by atoms with Gasteiger partial charge < -0.3 is 9.72 Å². The first kappa shape index (κ1) is 21.3. The summed E-state index contributed by atoms with van der Waals surface area (Å²) >= 11 is 0. The Morgan fingerprint density at radius 3 is 2.44 bits per heavy atom. The maximum atomic E-state index is 14.4. The minimum Gasteiger partial charge on any atom is -0.454 e. The summed E-state index contributed by atoms with van der Waals surface area (Å²) in [6.45, 7) is 5.06. The van der Waals surface area contributed by atoms with E-state index in [1.54, 1.807) is 43.3 Å². The molecule has 0 amide bonds. The molecule has 4 rings (SSSR count). The Hall–Kier alpha value is -3.91. The molecule has 1 aromatic heterocycles. The molecular weight excluding hydrogens is 431 g/mol. The number of H-pyrrole nitrogens is 1. The van der Waals surface area contributed by atoms with E-state index in [1.807, 2.05) is 0 Å². The number of aryl methyl sites for hydroxylation is 1. The fourth-order valence-electron chi connectivity index (χ4n) is 3.34. The van der Waals surface area contributed by atoms with Gasteiger partial charge in [0.2, 0.25) is 0 Å². The highest BCUT2D eigenvalue weighted by atomic mass is 32.2. The second-order valence-electron chi connectivity index (χ2n) is 7.14. The minimum absolute atomic E-state index is 0.0185. The number of aromatic nitrogens is 1. The van der Waals surface area contributed by atoms with Crippen LogP contribution in [0.3, 0.4) is 0 Å². The number of sulfonamides is 1. The predicted molar refractivity (Wildman–Crippen MR) is 124 cm³/mol. The zero-order valence-corrected chi connectivity index (χ0v) is 17.9. The zero-order valence-electron chi connectivity index (χ0n) is 17.1. The van der Waals surface area contributed by atoms with Crippen LogP contribution in [0.15, 0.2) is 83.6 Å². The zero-order chi connectivity index (χ0) is 22.9. The van der Waals surface area contributed by atoms with E-state index in [4.69, 9.17) is 4.74 Å². The number of ether oxygens (including phenoxy) is 1. The van der Waals surface area contributed by atoms with Crippen LogP contribution in [0.5, 0.6) is 11.5 Å². The van der Waals surface area contributed by atoms with E-state index >= 15 is 0 Å². The van der Waals surface area contributed by atoms with Crippen LogP contribution in [0.2, 0.25) is 0 Å². The van der Waals surface area contributed by atoms with Crippen LogP contribution in [0.1, 0.15) is 5.56 Å². The largest absolute Gasteiger partial charge is 0.454 e. The molecule has 32 heavy (non-hydrogen) atoms. The van der Waals surface area contributed by atoms with Crippen LogP contribution < -0.4 is 15.0 Å². The summed E-state index contributed by atoms with van der Waals surface area (Å²) in [5.41, 5.74) is 1.78. The third-order valence-electron chi connectivity index (χ3n) is 4.87. The van der Waals surface area contributed by atoms with Crippen LogP contribution in [0.4, 0.5) is 10.1 Å². The lowest BCUT2D eigenvalue weighted by molar-refractivity contribution is 0.443. The van der Waals surface area contributed by atoms with Gasteiger partial charge in [0.25, 0.3) is 15.6 Å². The highest BCUT2D eigenvalue weighted by molar-refractivity contribution is 7.95. The van der Waals surface area contributed by atoms with Gasteiger partial charge in [0.05, 0.1) is 0 Å². The van der Waals surface area contributed by atoms with E-state index < -0.39 is 15.8 Å². The number of aromatic amines is 1. The van der Waals surface area contributed by atoms with E-state index in [0.717, 1.165) is 11.0 Å². The molecule has 0 radical (unpaired) electrons. The summed E-state index contributed by atoms with van der Waals surface area (Å²) in [5.74, 6) is -0.227. The quantitative estimate of drug-likeness (QED) is 0.416. The smallest absolute Gasteiger partial charge is 0.255 e. The fourth-order valence-corrected chi connectivity index (χ4v) is 3.88. The van der Waals surface area contributed by atoms with Crippen molar-refractivity contribution in [2.75, 3.05) is 4.72 Å². The molecular formula is C24H19FN2O4S. The van der Waals surface area contributed by atoms with Gasteiger partial charge in [0, 0.05) is 33.8 Å². The van der Waals surface area contributed by atoms with Crippen molar-refractivity contribution in [3.63, 3.8) is 0 Å². The molecule has 0 saturated carbocycles. The second-order valence-corrected chi connectivity index (χ2v) is 8.77. The van der Waals surface area contributed by atoms with E-state index in [0.29, 0.717) is 21.9 Å². The Balaban J connectivity index is 1.92. The SMILES string of the molecule is C=CS(=O)(=O)Nc1ccc(Oc2ccc(C)cc2F)c(-c2c[nH]c(=O)c3ccccc23)c1. The molecule has 4 aromatic rings. The molecule has 1 heterocycles. The first-order chi connectivity index (χ1) is 15.3. The monoisotopic (exact) mass is 450 g/mol. The van der Waals surface area contributed by atoms with Crippen LogP contribution in [0, 0.1) is 12.7 Å². The van der Waals surface area contributed by atoms with E-state index in [9.17, 15) is 17.6 Å². The van der Waals surface area contributed by atoms with Crippen LogP contribution in [-0.4, -0.2) is 13.4 Å². The van der Waals surface area contributed by atoms with E-state index in [2.05, 4.69) is 16.3 Å². The molecule has 0 aliphatic heterocycles. The van der Waals surface area contributed by atoms with Crippen molar-refractivity contribution < 1.29 is 17.5 Å². The topological polar surface area (TPSA) is 88.3 Å². The van der Waals surface area contributed by atoms with Gasteiger partial charge in [-0.1, -0.05) is 30.8 Å². The van der Waals surface area contributed by atoms with Crippen molar-refractivity contribution >= 4 is 26.5 Å². The molecule has 8 heteroatoms. The lowest BCUT2D eigenvalue weighted by Crippen LogP contribution is -2.09. The van der Waals surface area contributed by atoms with Crippen molar-refractivity contribution in [1.82, 2.24) is 4.98 Å². The summed E-state index contributed by atoms with van der Waals surface area (Å²) in [4.78, 5) is 15.0. The van der Waals surface area contributed by atoms with Gasteiger partial charge >= 0.3 is 0 Å². The number of fused-ring (bicyclic) bond motifs is 1. The van der Waals surface area contributed by atoms with Crippen molar-refractivity contribution in [1.29, 1.82) is 0 Å². The van der Waals surface area contributed by atoms with Gasteiger partial charge in [0.1, 0.15) is 5.75 Å². The van der Waals surface area contributed by atoms with Gasteiger partial charge in [-0.05, 0) is 54.3 Å².